The van der Waals surface area contributed by atoms with Crippen molar-refractivity contribution in [2.75, 3.05) is 23.8 Å². The van der Waals surface area contributed by atoms with E-state index >= 15 is 0 Å². The van der Waals surface area contributed by atoms with E-state index in [0.717, 1.165) is 27.3 Å². The lowest BCUT2D eigenvalue weighted by Crippen LogP contribution is -2.30. The molecule has 11 heteroatoms. The smallest absolute Gasteiger partial charge is 0.170 e. The average Bonchev–Trinajstić information content (AvgIpc) is 3.31. The van der Waals surface area contributed by atoms with Crippen LogP contribution in [0.5, 0.6) is 5.75 Å². The van der Waals surface area contributed by atoms with Crippen molar-refractivity contribution in [3.05, 3.63) is 64.3 Å². The van der Waals surface area contributed by atoms with Crippen LogP contribution in [0, 0.1) is 0 Å². The number of ether oxygens (including phenoxy) is 1. The Labute approximate surface area is 198 Å². The number of thiazole rings is 1. The second kappa shape index (κ2) is 10.5. The quantitative estimate of drug-likeness (QED) is 0.271. The molecule has 0 amide bonds. The molecule has 0 bridgehead atoms. The van der Waals surface area contributed by atoms with E-state index in [9.17, 15) is 0 Å². The van der Waals surface area contributed by atoms with Crippen LogP contribution in [0.1, 0.15) is 5.01 Å². The van der Waals surface area contributed by atoms with Gasteiger partial charge in [-0.1, -0.05) is 11.6 Å². The number of thiocarbonyl (C=S) groups is 1. The van der Waals surface area contributed by atoms with Gasteiger partial charge in [-0.05, 0) is 48.6 Å². The van der Waals surface area contributed by atoms with E-state index in [1.165, 1.54) is 17.7 Å². The minimum atomic E-state index is -0.00123. The Balaban J connectivity index is 1.51. The third kappa shape index (κ3) is 5.60. The van der Waals surface area contributed by atoms with Crippen LogP contribution in [0.15, 0.2) is 54.3 Å². The largest absolute Gasteiger partial charge is 0.485 e. The first-order valence-electron chi connectivity index (χ1n) is 9.60. The molecule has 0 aliphatic carbocycles. The second-order valence-electron chi connectivity index (χ2n) is 6.54. The molecule has 0 saturated heterocycles. The highest BCUT2D eigenvalue weighted by Crippen LogP contribution is 2.31. The molecule has 2 aromatic heterocycles. The third-order valence-electron chi connectivity index (χ3n) is 4.32. The van der Waals surface area contributed by atoms with Crippen molar-refractivity contribution in [3.8, 4) is 5.75 Å². The van der Waals surface area contributed by atoms with E-state index in [-0.39, 0.29) is 6.61 Å². The summed E-state index contributed by atoms with van der Waals surface area (Å²) in [5, 5.41) is 22.7. The van der Waals surface area contributed by atoms with Gasteiger partial charge in [0.25, 0.3) is 0 Å². The zero-order chi connectivity index (χ0) is 22.3. The Hall–Kier alpha value is -3.05. The number of hydrogen-bond acceptors (Lipinski definition) is 8. The summed E-state index contributed by atoms with van der Waals surface area (Å²) in [6.07, 6.45) is 3.24. The molecule has 2 heterocycles. The number of nitrogens with one attached hydrogen (secondary N) is 3. The van der Waals surface area contributed by atoms with Gasteiger partial charge in [-0.25, -0.2) is 15.0 Å². The standard InChI is InChI=1S/C21H19ClN6O2S2/c22-16-10-14(2-4-18(16)30-11-19-23-6-8-32-19)27-20-15-9-13(28-21(31)24-5-7-29)1-3-17(15)25-12-26-20/h1-4,6,8-10,12,29H,5,7,11H2,(H2,24,28,31)(H,25,26,27). The molecule has 4 rings (SSSR count). The van der Waals surface area contributed by atoms with Crippen molar-refractivity contribution >= 4 is 68.4 Å². The molecule has 0 unspecified atom stereocenters. The third-order valence-corrected chi connectivity index (χ3v) is 5.61. The van der Waals surface area contributed by atoms with Crippen molar-refractivity contribution in [3.63, 3.8) is 0 Å². The number of benzene rings is 2. The predicted molar refractivity (Wildman–Crippen MR) is 132 cm³/mol. The van der Waals surface area contributed by atoms with Crippen LogP contribution in [-0.4, -0.2) is 38.3 Å². The molecule has 4 aromatic rings. The van der Waals surface area contributed by atoms with Crippen LogP contribution in [0.3, 0.4) is 0 Å². The van der Waals surface area contributed by atoms with Gasteiger partial charge in [0.1, 0.15) is 29.5 Å². The van der Waals surface area contributed by atoms with Crippen LogP contribution in [0.4, 0.5) is 17.2 Å². The summed E-state index contributed by atoms with van der Waals surface area (Å²) < 4.78 is 5.76. The van der Waals surface area contributed by atoms with Gasteiger partial charge in [0.05, 0.1) is 17.1 Å². The minimum Gasteiger partial charge on any atom is -0.485 e. The summed E-state index contributed by atoms with van der Waals surface area (Å²) in [5.74, 6) is 1.20. The van der Waals surface area contributed by atoms with E-state index in [2.05, 4.69) is 30.9 Å². The number of aliphatic hydroxyl groups is 1. The molecule has 0 atom stereocenters. The molecule has 0 spiro atoms. The van der Waals surface area contributed by atoms with E-state index in [1.54, 1.807) is 18.3 Å². The Morgan fingerprint density at radius 2 is 2.00 bits per heavy atom. The lowest BCUT2D eigenvalue weighted by atomic mass is 10.2. The Morgan fingerprint density at radius 1 is 1.12 bits per heavy atom. The van der Waals surface area contributed by atoms with Gasteiger partial charge in [0.2, 0.25) is 0 Å². The first-order valence-corrected chi connectivity index (χ1v) is 11.3. The first kappa shape index (κ1) is 22.2. The van der Waals surface area contributed by atoms with Gasteiger partial charge in [0.15, 0.2) is 5.11 Å². The highest BCUT2D eigenvalue weighted by molar-refractivity contribution is 7.80. The number of rotatable bonds is 8. The molecule has 32 heavy (non-hydrogen) atoms. The second-order valence-corrected chi connectivity index (χ2v) is 8.34. The lowest BCUT2D eigenvalue weighted by Gasteiger charge is -2.13. The van der Waals surface area contributed by atoms with Crippen molar-refractivity contribution in [1.82, 2.24) is 20.3 Å². The first-order chi connectivity index (χ1) is 15.6. The minimum absolute atomic E-state index is 0.00123. The van der Waals surface area contributed by atoms with Crippen LogP contribution < -0.4 is 20.7 Å². The molecule has 0 radical (unpaired) electrons. The number of aliphatic hydroxyl groups excluding tert-OH is 1. The van der Waals surface area contributed by atoms with Gasteiger partial charge < -0.3 is 25.8 Å². The fraction of sp³-hybridized carbons (Fsp3) is 0.143. The average molecular weight is 487 g/mol. The number of anilines is 3. The number of hydrogen-bond donors (Lipinski definition) is 4. The summed E-state index contributed by atoms with van der Waals surface area (Å²) in [7, 11) is 0. The van der Waals surface area contributed by atoms with Crippen LogP contribution in [0.2, 0.25) is 5.02 Å². The maximum atomic E-state index is 8.91. The fourth-order valence-electron chi connectivity index (χ4n) is 2.87. The van der Waals surface area contributed by atoms with Crippen LogP contribution >= 0.6 is 35.2 Å². The lowest BCUT2D eigenvalue weighted by molar-refractivity contribution is 0.300. The molecule has 0 fully saturated rings. The maximum absolute atomic E-state index is 8.91. The Kier molecular flexibility index (Phi) is 7.28. The van der Waals surface area contributed by atoms with Gasteiger partial charge in [0, 0.05) is 34.9 Å². The topological polar surface area (TPSA) is 104 Å². The highest BCUT2D eigenvalue weighted by Gasteiger charge is 2.09. The summed E-state index contributed by atoms with van der Waals surface area (Å²) in [6.45, 7) is 0.740. The monoisotopic (exact) mass is 486 g/mol. The van der Waals surface area contributed by atoms with Crippen LogP contribution in [0.25, 0.3) is 10.9 Å². The molecular weight excluding hydrogens is 468 g/mol. The maximum Gasteiger partial charge on any atom is 0.170 e. The normalized spacial score (nSPS) is 10.7. The predicted octanol–water partition coefficient (Wildman–Crippen LogP) is 4.34. The number of aromatic nitrogens is 3. The molecule has 0 saturated carbocycles. The number of halogens is 1. The molecule has 0 aliphatic rings. The van der Waals surface area contributed by atoms with E-state index in [4.69, 9.17) is 33.7 Å². The van der Waals surface area contributed by atoms with Crippen molar-refractivity contribution in [2.24, 2.45) is 0 Å². The molecule has 4 N–H and O–H groups in total. The summed E-state index contributed by atoms with van der Waals surface area (Å²) in [5.41, 5.74) is 2.31. The van der Waals surface area contributed by atoms with E-state index in [0.29, 0.717) is 34.9 Å². The summed E-state index contributed by atoms with van der Waals surface area (Å²) in [6, 6.07) is 11.1. The molecule has 0 aliphatic heterocycles. The van der Waals surface area contributed by atoms with Gasteiger partial charge in [-0.15, -0.1) is 11.3 Å². The zero-order valence-corrected chi connectivity index (χ0v) is 19.1. The van der Waals surface area contributed by atoms with E-state index in [1.807, 2.05) is 29.6 Å². The van der Waals surface area contributed by atoms with Crippen LogP contribution in [-0.2, 0) is 6.61 Å². The molecule has 164 valence electrons. The SMILES string of the molecule is OCCNC(=S)Nc1ccc2ncnc(Nc3ccc(OCc4nccs4)c(Cl)c3)c2c1. The summed E-state index contributed by atoms with van der Waals surface area (Å²) >= 11 is 13.2. The van der Waals surface area contributed by atoms with Crippen molar-refractivity contribution < 1.29 is 9.84 Å². The Morgan fingerprint density at radius 3 is 2.78 bits per heavy atom. The number of nitrogens with zero attached hydrogens (tertiary/aromatic N) is 3. The summed E-state index contributed by atoms with van der Waals surface area (Å²) in [4.78, 5) is 12.9. The van der Waals surface area contributed by atoms with Gasteiger partial charge in [-0.3, -0.25) is 0 Å². The number of fused-ring (bicyclic) bond motifs is 1. The fourth-order valence-corrected chi connectivity index (χ4v) is 3.86. The molecular formula is C21H19ClN6O2S2. The zero-order valence-electron chi connectivity index (χ0n) is 16.7. The van der Waals surface area contributed by atoms with Gasteiger partial charge >= 0.3 is 0 Å². The molecule has 2 aromatic carbocycles. The van der Waals surface area contributed by atoms with Crippen molar-refractivity contribution in [2.45, 2.75) is 6.61 Å². The van der Waals surface area contributed by atoms with Gasteiger partial charge in [-0.2, -0.15) is 0 Å². The van der Waals surface area contributed by atoms with E-state index < -0.39 is 0 Å². The van der Waals surface area contributed by atoms with Crippen molar-refractivity contribution in [1.29, 1.82) is 0 Å². The Bertz CT molecular complexity index is 1220. The molecule has 8 nitrogen and oxygen atoms in total. The highest BCUT2D eigenvalue weighted by atomic mass is 35.5.